The Morgan fingerprint density at radius 1 is 1.05 bits per heavy atom. The van der Waals surface area contributed by atoms with Crippen LogP contribution >= 0.6 is 23.2 Å². The molecule has 0 radical (unpaired) electrons. The number of hydrogen-bond donors (Lipinski definition) is 1. The lowest BCUT2D eigenvalue weighted by Crippen LogP contribution is -2.58. The van der Waals surface area contributed by atoms with Crippen LogP contribution in [-0.4, -0.2) is 61.4 Å². The number of amides is 1. The van der Waals surface area contributed by atoms with Gasteiger partial charge in [0, 0.05) is 47.2 Å². The zero-order valence-corrected chi connectivity index (χ0v) is 23.4. The third kappa shape index (κ3) is 6.22. The van der Waals surface area contributed by atoms with Crippen LogP contribution in [0.5, 0.6) is 0 Å². The summed E-state index contributed by atoms with van der Waals surface area (Å²) in [6.45, 7) is 6.22. The number of quaternary nitrogens is 1. The van der Waals surface area contributed by atoms with Crippen molar-refractivity contribution in [2.75, 3.05) is 26.2 Å². The molecular formula is C28H30Cl2F2N5O2+. The van der Waals surface area contributed by atoms with Gasteiger partial charge in [-0.1, -0.05) is 37.0 Å². The number of nitrogens with zero attached hydrogens (tertiary/aromatic N) is 5. The number of carbonyl (C=O) groups is 1. The Kier molecular flexibility index (Phi) is 8.56. The minimum absolute atomic E-state index is 0.178. The van der Waals surface area contributed by atoms with Crippen LogP contribution in [0.1, 0.15) is 42.4 Å². The number of pyridine rings is 2. The smallest absolute Gasteiger partial charge is 0.286 e. The summed E-state index contributed by atoms with van der Waals surface area (Å²) in [5.41, 5.74) is 2.21. The lowest BCUT2D eigenvalue weighted by molar-refractivity contribution is -1.11. The van der Waals surface area contributed by atoms with Crippen LogP contribution in [0.25, 0.3) is 16.6 Å². The maximum atomic E-state index is 13.6. The van der Waals surface area contributed by atoms with Crippen molar-refractivity contribution >= 4 is 40.0 Å². The second kappa shape index (κ2) is 11.6. The minimum atomic E-state index is -3.02. The van der Waals surface area contributed by atoms with Gasteiger partial charge < -0.3 is 9.47 Å². The second-order valence-corrected chi connectivity index (χ2v) is 10.1. The Labute approximate surface area is 235 Å². The highest BCUT2D eigenvalue weighted by molar-refractivity contribution is 6.34. The van der Waals surface area contributed by atoms with Gasteiger partial charge in [-0.2, -0.15) is 13.4 Å². The molecule has 0 aliphatic carbocycles. The van der Waals surface area contributed by atoms with Crippen molar-refractivity contribution in [3.63, 3.8) is 0 Å². The highest BCUT2D eigenvalue weighted by Gasteiger charge is 2.36. The van der Waals surface area contributed by atoms with Crippen molar-refractivity contribution in [1.29, 1.82) is 0 Å². The van der Waals surface area contributed by atoms with Crippen LogP contribution in [-0.2, 0) is 12.5 Å². The zero-order valence-electron chi connectivity index (χ0n) is 21.9. The molecule has 1 aromatic carbocycles. The third-order valence-corrected chi connectivity index (χ3v) is 7.14. The first-order valence-electron chi connectivity index (χ1n) is 12.7. The van der Waals surface area contributed by atoms with Gasteiger partial charge in [0.05, 0.1) is 24.2 Å². The Hall–Kier alpha value is -3.11. The predicted octanol–water partition coefficient (Wildman–Crippen LogP) is 6.73. The molecule has 4 aromatic rings. The van der Waals surface area contributed by atoms with Crippen molar-refractivity contribution in [1.82, 2.24) is 19.4 Å². The number of carbonyl (C=O) groups excluding carboxylic acids is 1. The summed E-state index contributed by atoms with van der Waals surface area (Å²) in [5, 5.41) is 12.6. The van der Waals surface area contributed by atoms with E-state index in [1.54, 1.807) is 41.6 Å². The van der Waals surface area contributed by atoms with Crippen LogP contribution in [0, 0.1) is 0 Å². The van der Waals surface area contributed by atoms with Crippen LogP contribution in [0.4, 0.5) is 8.78 Å². The molecule has 0 atom stereocenters. The van der Waals surface area contributed by atoms with Crippen molar-refractivity contribution in [2.45, 2.75) is 33.2 Å². The van der Waals surface area contributed by atoms with Crippen molar-refractivity contribution in [3.8, 4) is 5.69 Å². The predicted molar refractivity (Wildman–Crippen MR) is 148 cm³/mol. The number of halogens is 4. The molecule has 206 valence electrons. The normalized spacial score (nSPS) is 15.1. The van der Waals surface area contributed by atoms with Gasteiger partial charge in [-0.3, -0.25) is 9.78 Å². The van der Waals surface area contributed by atoms with Crippen LogP contribution in [0.15, 0.2) is 61.1 Å². The average Bonchev–Trinajstić information content (AvgIpc) is 3.31. The van der Waals surface area contributed by atoms with E-state index in [4.69, 9.17) is 23.2 Å². The molecule has 11 heteroatoms. The standard InChI is InChI=1S/C26H24Cl2F2N5O2.C2H6/c1-26(29,30)22-7-2-17(14-32-22)16-35(37)12-10-33(11-13-35)25(36)21-15-34(19-5-3-18(27)4-6-19)23-20(21)8-9-31-24(23)28;1-2/h2-9,14-15,37H,10-13,16H2,1H3;1-2H3/q+1;. The maximum absolute atomic E-state index is 13.6. The molecule has 1 N–H and O–H groups in total. The molecule has 1 amide bonds. The Morgan fingerprint density at radius 2 is 1.72 bits per heavy atom. The number of rotatable bonds is 5. The van der Waals surface area contributed by atoms with E-state index in [2.05, 4.69) is 9.97 Å². The highest BCUT2D eigenvalue weighted by Crippen LogP contribution is 2.31. The quantitative estimate of drug-likeness (QED) is 0.211. The molecule has 3 aromatic heterocycles. The van der Waals surface area contributed by atoms with Crippen LogP contribution in [0.2, 0.25) is 10.2 Å². The van der Waals surface area contributed by atoms with Crippen LogP contribution < -0.4 is 0 Å². The fourth-order valence-corrected chi connectivity index (χ4v) is 4.98. The van der Waals surface area contributed by atoms with E-state index >= 15 is 0 Å². The van der Waals surface area contributed by atoms with E-state index < -0.39 is 5.92 Å². The molecule has 0 bridgehead atoms. The number of piperazine rings is 1. The number of fused-ring (bicyclic) bond motifs is 1. The molecule has 5 rings (SSSR count). The number of aromatic nitrogens is 3. The highest BCUT2D eigenvalue weighted by atomic mass is 35.5. The van der Waals surface area contributed by atoms with E-state index in [-0.39, 0.29) is 41.0 Å². The molecule has 0 saturated carbocycles. The number of hydroxylamine groups is 3. The van der Waals surface area contributed by atoms with Gasteiger partial charge in [0.2, 0.25) is 0 Å². The fraction of sp³-hybridized carbons (Fsp3) is 0.321. The summed E-state index contributed by atoms with van der Waals surface area (Å²) < 4.78 is 28.4. The summed E-state index contributed by atoms with van der Waals surface area (Å²) in [6, 6.07) is 11.8. The van der Waals surface area contributed by atoms with Gasteiger partial charge >= 0.3 is 0 Å². The summed E-state index contributed by atoms with van der Waals surface area (Å²) >= 11 is 12.5. The number of benzene rings is 1. The topological polar surface area (TPSA) is 71.2 Å². The number of alkyl halides is 2. The van der Waals surface area contributed by atoms with Gasteiger partial charge in [0.25, 0.3) is 11.8 Å². The second-order valence-electron chi connectivity index (χ2n) is 9.32. The van der Waals surface area contributed by atoms with Gasteiger partial charge in [0.15, 0.2) is 5.15 Å². The molecule has 0 spiro atoms. The van der Waals surface area contributed by atoms with Crippen molar-refractivity contribution < 1.29 is 23.4 Å². The van der Waals surface area contributed by atoms with E-state index in [0.29, 0.717) is 40.1 Å². The fourth-order valence-electron chi connectivity index (χ4n) is 4.60. The monoisotopic (exact) mass is 576 g/mol. The van der Waals surface area contributed by atoms with Crippen LogP contribution in [0.3, 0.4) is 0 Å². The third-order valence-electron chi connectivity index (χ3n) is 6.61. The first-order valence-corrected chi connectivity index (χ1v) is 13.4. The summed E-state index contributed by atoms with van der Waals surface area (Å²) in [5.74, 6) is -3.20. The molecule has 4 heterocycles. The summed E-state index contributed by atoms with van der Waals surface area (Å²) in [4.78, 5) is 23.3. The Balaban J connectivity index is 0.00000172. The maximum Gasteiger partial charge on any atom is 0.286 e. The van der Waals surface area contributed by atoms with E-state index in [0.717, 1.165) is 12.6 Å². The molecule has 0 unspecified atom stereocenters. The SMILES string of the molecule is CC.CC(F)(F)c1ccc(C[N+]2(O)CCN(C(=O)c3cn(-c4ccc(Cl)cc4)c4c(Cl)nccc34)CC2)cn1. The minimum Gasteiger partial charge on any atom is -0.327 e. The Morgan fingerprint density at radius 3 is 2.31 bits per heavy atom. The number of hydrogen-bond acceptors (Lipinski definition) is 4. The van der Waals surface area contributed by atoms with Gasteiger partial charge in [-0.25, -0.2) is 10.2 Å². The van der Waals surface area contributed by atoms with E-state index in [9.17, 15) is 18.8 Å². The summed E-state index contributed by atoms with van der Waals surface area (Å²) in [7, 11) is 0. The molecule has 1 aliphatic rings. The van der Waals surface area contributed by atoms with Gasteiger partial charge in [-0.15, -0.1) is 0 Å². The van der Waals surface area contributed by atoms with E-state index in [1.165, 1.54) is 12.3 Å². The molecule has 39 heavy (non-hydrogen) atoms. The molecule has 1 saturated heterocycles. The van der Waals surface area contributed by atoms with Crippen molar-refractivity contribution in [2.24, 2.45) is 0 Å². The van der Waals surface area contributed by atoms with Gasteiger partial charge in [-0.05, 0) is 42.5 Å². The molecule has 1 aliphatic heterocycles. The van der Waals surface area contributed by atoms with Crippen molar-refractivity contribution in [3.05, 3.63) is 88.1 Å². The lowest BCUT2D eigenvalue weighted by Gasteiger charge is -2.38. The molecular weight excluding hydrogens is 547 g/mol. The Bertz CT molecular complexity index is 1450. The first-order chi connectivity index (χ1) is 18.5. The average molecular weight is 577 g/mol. The molecule has 7 nitrogen and oxygen atoms in total. The molecule has 1 fully saturated rings. The lowest BCUT2D eigenvalue weighted by atomic mass is 10.1. The summed E-state index contributed by atoms with van der Waals surface area (Å²) in [6.07, 6.45) is 4.67. The largest absolute Gasteiger partial charge is 0.327 e. The first kappa shape index (κ1) is 28.9. The van der Waals surface area contributed by atoms with Gasteiger partial charge in [0.1, 0.15) is 25.3 Å². The van der Waals surface area contributed by atoms with E-state index in [1.807, 2.05) is 30.5 Å². The zero-order chi connectivity index (χ0) is 28.4.